The predicted molar refractivity (Wildman–Crippen MR) is 119 cm³/mol. The molecule has 2 aliphatic rings. The van der Waals surface area contributed by atoms with Gasteiger partial charge in [-0.3, -0.25) is 9.59 Å². The van der Waals surface area contributed by atoms with E-state index in [4.69, 9.17) is 0 Å². The Labute approximate surface area is 187 Å². The summed E-state index contributed by atoms with van der Waals surface area (Å²) in [7, 11) is -4.08. The zero-order chi connectivity index (χ0) is 22.3. The topological polar surface area (TPSA) is 74.8 Å². The van der Waals surface area contributed by atoms with Crippen molar-refractivity contribution in [3.8, 4) is 0 Å². The zero-order valence-electron chi connectivity index (χ0n) is 17.3. The Kier molecular flexibility index (Phi) is 4.86. The third-order valence-corrected chi connectivity index (χ3v) is 8.12. The highest BCUT2D eigenvalue weighted by Gasteiger charge is 2.70. The fourth-order valence-corrected chi connectivity index (χ4v) is 6.60. The standard InChI is InChI=1S/C25H22N2O4S/c28-23(20-13-6-2-7-14-20)26-18-10-17-25(26)22(19-11-4-1-5-12-19)27(24(25)29)32(30,31)21-15-8-3-9-16-21/h1-9,11-16,22H,10,17-18H2/t22-,25+/m0/s1. The summed E-state index contributed by atoms with van der Waals surface area (Å²) in [5.74, 6) is -0.800. The molecule has 0 N–H and O–H groups in total. The van der Waals surface area contributed by atoms with Crippen LogP contribution in [0.25, 0.3) is 0 Å². The number of nitrogens with zero attached hydrogens (tertiary/aromatic N) is 2. The summed E-state index contributed by atoms with van der Waals surface area (Å²) in [5, 5.41) is 0. The van der Waals surface area contributed by atoms with Crippen molar-refractivity contribution in [2.75, 3.05) is 6.54 Å². The van der Waals surface area contributed by atoms with Crippen LogP contribution in [0.5, 0.6) is 0 Å². The molecule has 2 saturated heterocycles. The first-order valence-corrected chi connectivity index (χ1v) is 12.0. The average Bonchev–Trinajstić information content (AvgIpc) is 3.31. The maximum atomic E-state index is 13.7. The molecular formula is C25H22N2O4S. The maximum absolute atomic E-state index is 13.7. The summed E-state index contributed by atoms with van der Waals surface area (Å²) in [6, 6.07) is 25.1. The van der Waals surface area contributed by atoms with Crippen LogP contribution in [-0.4, -0.2) is 41.5 Å². The summed E-state index contributed by atoms with van der Waals surface area (Å²) in [4.78, 5) is 28.7. The van der Waals surface area contributed by atoms with E-state index in [0.29, 0.717) is 30.5 Å². The molecule has 0 bridgehead atoms. The first-order valence-electron chi connectivity index (χ1n) is 10.5. The van der Waals surface area contributed by atoms with Crippen LogP contribution in [0.3, 0.4) is 0 Å². The van der Waals surface area contributed by atoms with E-state index in [1.165, 1.54) is 12.1 Å². The van der Waals surface area contributed by atoms with E-state index in [0.717, 1.165) is 4.31 Å². The zero-order valence-corrected chi connectivity index (χ0v) is 18.1. The minimum absolute atomic E-state index is 0.0584. The molecule has 2 aliphatic heterocycles. The summed E-state index contributed by atoms with van der Waals surface area (Å²) in [6.07, 6.45) is 1.05. The van der Waals surface area contributed by atoms with Crippen LogP contribution in [-0.2, 0) is 14.8 Å². The van der Waals surface area contributed by atoms with Crippen LogP contribution in [0.2, 0.25) is 0 Å². The van der Waals surface area contributed by atoms with Gasteiger partial charge in [0.1, 0.15) is 11.6 Å². The van der Waals surface area contributed by atoms with E-state index < -0.39 is 27.5 Å². The van der Waals surface area contributed by atoms with Gasteiger partial charge in [0, 0.05) is 12.1 Å². The molecule has 6 nitrogen and oxygen atoms in total. The molecule has 0 aliphatic carbocycles. The van der Waals surface area contributed by atoms with Crippen molar-refractivity contribution in [3.05, 3.63) is 102 Å². The Morgan fingerprint density at radius 3 is 2.03 bits per heavy atom. The van der Waals surface area contributed by atoms with E-state index in [1.807, 2.05) is 36.4 Å². The van der Waals surface area contributed by atoms with E-state index >= 15 is 0 Å². The molecule has 2 fully saturated rings. The molecule has 5 rings (SSSR count). The maximum Gasteiger partial charge on any atom is 0.267 e. The van der Waals surface area contributed by atoms with Gasteiger partial charge in [-0.2, -0.15) is 0 Å². The minimum Gasteiger partial charge on any atom is -0.321 e. The fourth-order valence-electron chi connectivity index (χ4n) is 4.92. The summed E-state index contributed by atoms with van der Waals surface area (Å²) in [5.41, 5.74) is -0.0343. The summed E-state index contributed by atoms with van der Waals surface area (Å²) >= 11 is 0. The number of benzene rings is 3. The highest BCUT2D eigenvalue weighted by atomic mass is 32.2. The normalized spacial score (nSPS) is 22.8. The van der Waals surface area contributed by atoms with Crippen molar-refractivity contribution in [1.82, 2.24) is 9.21 Å². The van der Waals surface area contributed by atoms with Gasteiger partial charge < -0.3 is 4.90 Å². The van der Waals surface area contributed by atoms with Crippen LogP contribution in [0.4, 0.5) is 0 Å². The van der Waals surface area contributed by atoms with Crippen LogP contribution in [0.1, 0.15) is 34.8 Å². The number of β-lactam (4-membered cyclic amide) rings is 1. The lowest BCUT2D eigenvalue weighted by Crippen LogP contribution is -2.75. The number of rotatable bonds is 4. The Morgan fingerprint density at radius 1 is 0.844 bits per heavy atom. The Balaban J connectivity index is 1.63. The smallest absolute Gasteiger partial charge is 0.267 e. The first-order chi connectivity index (χ1) is 15.5. The van der Waals surface area contributed by atoms with E-state index in [1.54, 1.807) is 47.4 Å². The number of likely N-dealkylation sites (tertiary alicyclic amines) is 1. The van der Waals surface area contributed by atoms with Crippen LogP contribution >= 0.6 is 0 Å². The van der Waals surface area contributed by atoms with E-state index in [-0.39, 0.29) is 10.8 Å². The second kappa shape index (κ2) is 7.60. The molecule has 0 saturated carbocycles. The Bertz CT molecular complexity index is 1260. The second-order valence-corrected chi connectivity index (χ2v) is 9.90. The van der Waals surface area contributed by atoms with Gasteiger partial charge in [-0.15, -0.1) is 0 Å². The molecule has 0 unspecified atom stereocenters. The van der Waals surface area contributed by atoms with Crippen molar-refractivity contribution < 1.29 is 18.0 Å². The molecular weight excluding hydrogens is 424 g/mol. The minimum atomic E-state index is -4.08. The number of carbonyl (C=O) groups is 2. The molecule has 3 aromatic rings. The molecule has 0 radical (unpaired) electrons. The highest BCUT2D eigenvalue weighted by Crippen LogP contribution is 2.55. The van der Waals surface area contributed by atoms with Crippen molar-refractivity contribution in [2.45, 2.75) is 29.3 Å². The molecule has 2 amide bonds. The van der Waals surface area contributed by atoms with Crippen LogP contribution in [0.15, 0.2) is 95.9 Å². The number of sulfonamides is 1. The Hall–Kier alpha value is -3.45. The lowest BCUT2D eigenvalue weighted by molar-refractivity contribution is -0.159. The lowest BCUT2D eigenvalue weighted by atomic mass is 9.75. The molecule has 1 spiro atoms. The van der Waals surface area contributed by atoms with Crippen molar-refractivity contribution in [1.29, 1.82) is 0 Å². The lowest BCUT2D eigenvalue weighted by Gasteiger charge is -2.56. The fraction of sp³-hybridized carbons (Fsp3) is 0.200. The number of hydrogen-bond acceptors (Lipinski definition) is 4. The van der Waals surface area contributed by atoms with Crippen LogP contribution < -0.4 is 0 Å². The van der Waals surface area contributed by atoms with Gasteiger partial charge in [0.05, 0.1) is 4.90 Å². The monoisotopic (exact) mass is 446 g/mol. The molecule has 2 atom stereocenters. The SMILES string of the molecule is O=C(c1ccccc1)N1CCC[C@@]12C(=O)N(S(=O)(=O)c1ccccc1)[C@H]2c1ccccc1. The van der Waals surface area contributed by atoms with Gasteiger partial charge in [0.15, 0.2) is 0 Å². The van der Waals surface area contributed by atoms with Gasteiger partial charge in [-0.1, -0.05) is 66.7 Å². The van der Waals surface area contributed by atoms with Crippen molar-refractivity contribution >= 4 is 21.8 Å². The van der Waals surface area contributed by atoms with E-state index in [2.05, 4.69) is 0 Å². The van der Waals surface area contributed by atoms with E-state index in [9.17, 15) is 18.0 Å². The number of carbonyl (C=O) groups excluding carboxylic acids is 2. The third-order valence-electron chi connectivity index (χ3n) is 6.36. The quantitative estimate of drug-likeness (QED) is 0.574. The molecule has 32 heavy (non-hydrogen) atoms. The second-order valence-electron chi connectivity index (χ2n) is 8.08. The molecule has 7 heteroatoms. The number of hydrogen-bond donors (Lipinski definition) is 0. The first kappa shape index (κ1) is 20.5. The average molecular weight is 447 g/mol. The van der Waals surface area contributed by atoms with Gasteiger partial charge in [-0.05, 0) is 42.7 Å². The van der Waals surface area contributed by atoms with Gasteiger partial charge in [0.25, 0.3) is 21.8 Å². The summed E-state index contributed by atoms with van der Waals surface area (Å²) in [6.45, 7) is 0.405. The molecule has 0 aromatic heterocycles. The largest absolute Gasteiger partial charge is 0.321 e. The van der Waals surface area contributed by atoms with Gasteiger partial charge in [-0.25, -0.2) is 12.7 Å². The van der Waals surface area contributed by atoms with Gasteiger partial charge in [0.2, 0.25) is 0 Å². The predicted octanol–water partition coefficient (Wildman–Crippen LogP) is 3.63. The van der Waals surface area contributed by atoms with Crippen LogP contribution in [0, 0.1) is 0 Å². The molecule has 2 heterocycles. The highest BCUT2D eigenvalue weighted by molar-refractivity contribution is 7.89. The third kappa shape index (κ3) is 2.88. The van der Waals surface area contributed by atoms with Crippen molar-refractivity contribution in [2.24, 2.45) is 0 Å². The number of amides is 2. The molecule has 3 aromatic carbocycles. The van der Waals surface area contributed by atoms with Gasteiger partial charge >= 0.3 is 0 Å². The van der Waals surface area contributed by atoms with Crippen molar-refractivity contribution in [3.63, 3.8) is 0 Å². The Morgan fingerprint density at radius 2 is 1.41 bits per heavy atom. The molecule has 162 valence electrons. The summed E-state index contributed by atoms with van der Waals surface area (Å²) < 4.78 is 28.0.